The second-order valence-electron chi connectivity index (χ2n) is 5.45. The van der Waals surface area contributed by atoms with Crippen LogP contribution in [0.2, 0.25) is 0 Å². The van der Waals surface area contributed by atoms with Gasteiger partial charge in [0.1, 0.15) is 11.6 Å². The second-order valence-corrected chi connectivity index (χ2v) is 5.71. The Morgan fingerprint density at radius 2 is 2.35 bits per heavy atom. The first-order valence-electron chi connectivity index (χ1n) is 6.98. The zero-order chi connectivity index (χ0) is 14.1. The van der Waals surface area contributed by atoms with E-state index in [1.807, 2.05) is 6.07 Å². The molecule has 1 saturated heterocycles. The Bertz CT molecular complexity index is 620. The molecule has 1 aliphatic rings. The lowest BCUT2D eigenvalue weighted by Crippen LogP contribution is -2.22. The molecule has 108 valence electrons. The average Bonchev–Trinajstić information content (AvgIpc) is 2.78. The van der Waals surface area contributed by atoms with E-state index < -0.39 is 0 Å². The van der Waals surface area contributed by atoms with Gasteiger partial charge in [-0.05, 0) is 31.4 Å². The lowest BCUT2D eigenvalue weighted by atomic mass is 10.0. The van der Waals surface area contributed by atoms with Crippen LogP contribution in [0.3, 0.4) is 0 Å². The SMILES string of the molecule is Cc1cc2c(cc1F)nc(CCl)n2CC1CCCOC1. The van der Waals surface area contributed by atoms with Crippen molar-refractivity contribution in [1.82, 2.24) is 9.55 Å². The Labute approximate surface area is 122 Å². The maximum atomic E-state index is 13.6. The summed E-state index contributed by atoms with van der Waals surface area (Å²) in [5.74, 6) is 1.40. The van der Waals surface area contributed by atoms with Gasteiger partial charge in [0, 0.05) is 25.1 Å². The number of benzene rings is 1. The van der Waals surface area contributed by atoms with Crippen molar-refractivity contribution < 1.29 is 9.13 Å². The molecular weight excluding hydrogens is 279 g/mol. The molecule has 0 spiro atoms. The molecule has 0 amide bonds. The number of fused-ring (bicyclic) bond motifs is 1. The fourth-order valence-electron chi connectivity index (χ4n) is 2.82. The maximum absolute atomic E-state index is 13.6. The lowest BCUT2D eigenvalue weighted by molar-refractivity contribution is 0.0485. The van der Waals surface area contributed by atoms with Gasteiger partial charge in [0.15, 0.2) is 0 Å². The van der Waals surface area contributed by atoms with E-state index in [1.165, 1.54) is 6.07 Å². The topological polar surface area (TPSA) is 27.1 Å². The Balaban J connectivity index is 2.00. The summed E-state index contributed by atoms with van der Waals surface area (Å²) in [6.07, 6.45) is 2.25. The number of halogens is 2. The van der Waals surface area contributed by atoms with Gasteiger partial charge in [-0.15, -0.1) is 11.6 Å². The van der Waals surface area contributed by atoms with E-state index in [-0.39, 0.29) is 5.82 Å². The first-order chi connectivity index (χ1) is 9.69. The van der Waals surface area contributed by atoms with Crippen molar-refractivity contribution in [3.63, 3.8) is 0 Å². The maximum Gasteiger partial charge on any atom is 0.128 e. The lowest BCUT2D eigenvalue weighted by Gasteiger charge is -2.23. The fourth-order valence-corrected chi connectivity index (χ4v) is 3.02. The molecule has 1 atom stereocenters. The smallest absolute Gasteiger partial charge is 0.128 e. The summed E-state index contributed by atoms with van der Waals surface area (Å²) in [5, 5.41) is 0. The van der Waals surface area contributed by atoms with E-state index in [2.05, 4.69) is 9.55 Å². The van der Waals surface area contributed by atoms with Gasteiger partial charge < -0.3 is 9.30 Å². The Hall–Kier alpha value is -1.13. The van der Waals surface area contributed by atoms with Gasteiger partial charge in [0.2, 0.25) is 0 Å². The molecule has 3 rings (SSSR count). The van der Waals surface area contributed by atoms with Crippen LogP contribution in [0.5, 0.6) is 0 Å². The minimum Gasteiger partial charge on any atom is -0.381 e. The molecule has 1 aromatic carbocycles. The molecule has 1 fully saturated rings. The number of hydrogen-bond acceptors (Lipinski definition) is 2. The van der Waals surface area contributed by atoms with Crippen molar-refractivity contribution in [2.75, 3.05) is 13.2 Å². The third-order valence-corrected chi connectivity index (χ3v) is 4.16. The van der Waals surface area contributed by atoms with Crippen LogP contribution in [0.25, 0.3) is 11.0 Å². The minimum absolute atomic E-state index is 0.218. The largest absolute Gasteiger partial charge is 0.381 e. The number of aromatic nitrogens is 2. The summed E-state index contributed by atoms with van der Waals surface area (Å²) >= 11 is 5.99. The molecule has 2 aromatic rings. The molecule has 1 aliphatic heterocycles. The van der Waals surface area contributed by atoms with Crippen LogP contribution in [0, 0.1) is 18.7 Å². The molecule has 3 nitrogen and oxygen atoms in total. The van der Waals surface area contributed by atoms with Gasteiger partial charge in [-0.3, -0.25) is 0 Å². The zero-order valence-electron chi connectivity index (χ0n) is 11.5. The summed E-state index contributed by atoms with van der Waals surface area (Å²) in [6, 6.07) is 3.35. The Morgan fingerprint density at radius 1 is 1.50 bits per heavy atom. The highest BCUT2D eigenvalue weighted by Gasteiger charge is 2.19. The number of nitrogens with zero attached hydrogens (tertiary/aromatic N) is 2. The predicted molar refractivity (Wildman–Crippen MR) is 77.5 cm³/mol. The molecule has 0 bridgehead atoms. The quantitative estimate of drug-likeness (QED) is 0.809. The van der Waals surface area contributed by atoms with Crippen LogP contribution in [0.15, 0.2) is 12.1 Å². The van der Waals surface area contributed by atoms with Gasteiger partial charge in [-0.1, -0.05) is 0 Å². The van der Waals surface area contributed by atoms with Crippen molar-refractivity contribution in [2.45, 2.75) is 32.2 Å². The number of aryl methyl sites for hydroxylation is 1. The number of hydrogen-bond donors (Lipinski definition) is 0. The van der Waals surface area contributed by atoms with Crippen molar-refractivity contribution >= 4 is 22.6 Å². The molecule has 0 radical (unpaired) electrons. The first-order valence-corrected chi connectivity index (χ1v) is 7.51. The van der Waals surface area contributed by atoms with Crippen molar-refractivity contribution in [2.24, 2.45) is 5.92 Å². The second kappa shape index (κ2) is 5.70. The van der Waals surface area contributed by atoms with Crippen LogP contribution in [-0.4, -0.2) is 22.8 Å². The third kappa shape index (κ3) is 2.54. The summed E-state index contributed by atoms with van der Waals surface area (Å²) in [7, 11) is 0. The molecule has 1 aromatic heterocycles. The molecule has 1 unspecified atom stereocenters. The van der Waals surface area contributed by atoms with Crippen molar-refractivity contribution in [1.29, 1.82) is 0 Å². The molecule has 5 heteroatoms. The molecule has 2 heterocycles. The standard InChI is InChI=1S/C15H18ClFN2O/c1-10-5-14-13(6-12(10)17)18-15(7-16)19(14)8-11-3-2-4-20-9-11/h5-6,11H,2-4,7-9H2,1H3. The van der Waals surface area contributed by atoms with Crippen LogP contribution < -0.4 is 0 Å². The highest BCUT2D eigenvalue weighted by atomic mass is 35.5. The highest BCUT2D eigenvalue weighted by Crippen LogP contribution is 2.24. The summed E-state index contributed by atoms with van der Waals surface area (Å²) in [6.45, 7) is 4.25. The van der Waals surface area contributed by atoms with Crippen molar-refractivity contribution in [3.8, 4) is 0 Å². The molecule has 0 aliphatic carbocycles. The third-order valence-electron chi connectivity index (χ3n) is 3.92. The molecule has 20 heavy (non-hydrogen) atoms. The van der Waals surface area contributed by atoms with E-state index >= 15 is 0 Å². The number of imidazole rings is 1. The van der Waals surface area contributed by atoms with Gasteiger partial charge in [0.25, 0.3) is 0 Å². The van der Waals surface area contributed by atoms with Crippen LogP contribution in [0.4, 0.5) is 4.39 Å². The summed E-state index contributed by atoms with van der Waals surface area (Å²) < 4.78 is 21.3. The van der Waals surface area contributed by atoms with Crippen LogP contribution in [0.1, 0.15) is 24.2 Å². The van der Waals surface area contributed by atoms with E-state index in [0.29, 0.717) is 22.9 Å². The normalized spacial score (nSPS) is 19.6. The fraction of sp³-hybridized carbons (Fsp3) is 0.533. The molecule has 0 saturated carbocycles. The van der Waals surface area contributed by atoms with E-state index in [4.69, 9.17) is 16.3 Å². The van der Waals surface area contributed by atoms with Gasteiger partial charge in [0.05, 0.1) is 23.5 Å². The Morgan fingerprint density at radius 3 is 3.05 bits per heavy atom. The summed E-state index contributed by atoms with van der Waals surface area (Å²) in [5.41, 5.74) is 2.28. The van der Waals surface area contributed by atoms with Crippen molar-refractivity contribution in [3.05, 3.63) is 29.3 Å². The zero-order valence-corrected chi connectivity index (χ0v) is 12.3. The number of alkyl halides is 1. The summed E-state index contributed by atoms with van der Waals surface area (Å²) in [4.78, 5) is 4.45. The van der Waals surface area contributed by atoms with Gasteiger partial charge in [-0.25, -0.2) is 9.37 Å². The van der Waals surface area contributed by atoms with E-state index in [9.17, 15) is 4.39 Å². The van der Waals surface area contributed by atoms with Gasteiger partial charge >= 0.3 is 0 Å². The minimum atomic E-state index is -0.218. The van der Waals surface area contributed by atoms with Crippen LogP contribution in [-0.2, 0) is 17.2 Å². The number of rotatable bonds is 3. The van der Waals surface area contributed by atoms with E-state index in [0.717, 1.165) is 43.9 Å². The van der Waals surface area contributed by atoms with Crippen LogP contribution >= 0.6 is 11.6 Å². The van der Waals surface area contributed by atoms with E-state index in [1.54, 1.807) is 6.92 Å². The predicted octanol–water partition coefficient (Wildman–Crippen LogP) is 3.65. The molecular formula is C15H18ClFN2O. The average molecular weight is 297 g/mol. The Kier molecular flexibility index (Phi) is 3.94. The number of ether oxygens (including phenoxy) is 1. The highest BCUT2D eigenvalue weighted by molar-refractivity contribution is 6.16. The monoisotopic (exact) mass is 296 g/mol. The molecule has 0 N–H and O–H groups in total. The van der Waals surface area contributed by atoms with Gasteiger partial charge in [-0.2, -0.15) is 0 Å². The first kappa shape index (κ1) is 13.8.